The van der Waals surface area contributed by atoms with Crippen molar-refractivity contribution in [2.24, 2.45) is 0 Å². The van der Waals surface area contributed by atoms with E-state index >= 15 is 0 Å². The number of ether oxygens (including phenoxy) is 1. The van der Waals surface area contributed by atoms with E-state index in [2.05, 4.69) is 10.1 Å². The van der Waals surface area contributed by atoms with Gasteiger partial charge in [0.25, 0.3) is 0 Å². The van der Waals surface area contributed by atoms with Crippen LogP contribution >= 0.6 is 0 Å². The fourth-order valence-corrected chi connectivity index (χ4v) is 3.30. The van der Waals surface area contributed by atoms with Crippen LogP contribution in [0.4, 0.5) is 17.6 Å². The van der Waals surface area contributed by atoms with Crippen molar-refractivity contribution in [3.05, 3.63) is 58.9 Å². The first kappa shape index (κ1) is 19.4. The lowest BCUT2D eigenvalue weighted by molar-refractivity contribution is -0.274. The van der Waals surface area contributed by atoms with Crippen LogP contribution in [0.5, 0.6) is 11.5 Å². The summed E-state index contributed by atoms with van der Waals surface area (Å²) in [7, 11) is 0. The summed E-state index contributed by atoms with van der Waals surface area (Å²) >= 11 is 0. The minimum absolute atomic E-state index is 0.126. The average molecular weight is 384 g/mol. The highest BCUT2D eigenvalue weighted by Crippen LogP contribution is 2.38. The molecule has 0 saturated carbocycles. The van der Waals surface area contributed by atoms with Crippen LogP contribution < -0.4 is 10.1 Å². The number of aryl methyl sites for hydroxylation is 1. The molecule has 0 aromatic heterocycles. The third kappa shape index (κ3) is 4.51. The zero-order valence-electron chi connectivity index (χ0n) is 14.7. The first-order valence-electron chi connectivity index (χ1n) is 8.54. The van der Waals surface area contributed by atoms with E-state index in [1.807, 2.05) is 4.90 Å². The molecule has 1 fully saturated rings. The van der Waals surface area contributed by atoms with Crippen LogP contribution in [-0.4, -0.2) is 42.5 Å². The Morgan fingerprint density at radius 1 is 1.07 bits per heavy atom. The van der Waals surface area contributed by atoms with Gasteiger partial charge in [-0.1, -0.05) is 18.2 Å². The van der Waals surface area contributed by atoms with E-state index < -0.39 is 18.2 Å². The number of hydrogen-bond donors (Lipinski definition) is 2. The minimum Gasteiger partial charge on any atom is -0.507 e. The monoisotopic (exact) mass is 384 g/mol. The molecule has 1 aliphatic heterocycles. The summed E-state index contributed by atoms with van der Waals surface area (Å²) in [5.41, 5.74) is 1.23. The third-order valence-electron chi connectivity index (χ3n) is 4.59. The smallest absolute Gasteiger partial charge is 0.507 e. The Kier molecular flexibility index (Phi) is 5.57. The highest BCUT2D eigenvalue weighted by molar-refractivity contribution is 5.47. The molecule has 1 saturated heterocycles. The van der Waals surface area contributed by atoms with Gasteiger partial charge < -0.3 is 15.2 Å². The van der Waals surface area contributed by atoms with Crippen LogP contribution in [0.25, 0.3) is 0 Å². The van der Waals surface area contributed by atoms with E-state index in [0.717, 1.165) is 0 Å². The molecule has 27 heavy (non-hydrogen) atoms. The summed E-state index contributed by atoms with van der Waals surface area (Å²) in [5, 5.41) is 13.7. The molecule has 0 amide bonds. The van der Waals surface area contributed by atoms with Crippen LogP contribution in [-0.2, 0) is 0 Å². The van der Waals surface area contributed by atoms with Gasteiger partial charge in [0.05, 0.1) is 11.6 Å². The van der Waals surface area contributed by atoms with Gasteiger partial charge in [-0.15, -0.1) is 13.2 Å². The number of halogens is 4. The molecular formula is C19H20F4N2O2. The normalized spacial score (nSPS) is 16.9. The number of phenols is 1. The Hall–Kier alpha value is -2.32. The Balaban J connectivity index is 2.02. The number of nitrogens with one attached hydrogen (secondary N) is 1. The van der Waals surface area contributed by atoms with Gasteiger partial charge in [0, 0.05) is 26.2 Å². The maximum absolute atomic E-state index is 14.6. The zero-order valence-corrected chi connectivity index (χ0v) is 14.7. The second kappa shape index (κ2) is 7.74. The Labute approximate surface area is 154 Å². The van der Waals surface area contributed by atoms with E-state index in [1.54, 1.807) is 6.92 Å². The van der Waals surface area contributed by atoms with Crippen molar-refractivity contribution in [1.29, 1.82) is 0 Å². The molecule has 0 aliphatic carbocycles. The number of rotatable bonds is 4. The molecule has 2 N–H and O–H groups in total. The predicted molar refractivity (Wildman–Crippen MR) is 92.2 cm³/mol. The van der Waals surface area contributed by atoms with Crippen LogP contribution in [0.3, 0.4) is 0 Å². The van der Waals surface area contributed by atoms with Crippen molar-refractivity contribution < 1.29 is 27.4 Å². The second-order valence-electron chi connectivity index (χ2n) is 6.43. The molecule has 4 nitrogen and oxygen atoms in total. The quantitative estimate of drug-likeness (QED) is 0.789. The van der Waals surface area contributed by atoms with Gasteiger partial charge in [0.1, 0.15) is 17.3 Å². The van der Waals surface area contributed by atoms with E-state index in [9.17, 15) is 22.7 Å². The number of piperazine rings is 1. The van der Waals surface area contributed by atoms with Crippen molar-refractivity contribution in [3.8, 4) is 11.5 Å². The lowest BCUT2D eigenvalue weighted by Crippen LogP contribution is -2.45. The van der Waals surface area contributed by atoms with Crippen molar-refractivity contribution >= 4 is 0 Å². The number of alkyl halides is 3. The Morgan fingerprint density at radius 2 is 1.70 bits per heavy atom. The number of benzene rings is 2. The molecule has 0 bridgehead atoms. The second-order valence-corrected chi connectivity index (χ2v) is 6.43. The predicted octanol–water partition coefficient (Wildman–Crippen LogP) is 3.73. The molecule has 1 heterocycles. The van der Waals surface area contributed by atoms with Crippen LogP contribution in [0, 0.1) is 12.7 Å². The Bertz CT molecular complexity index is 788. The molecule has 0 radical (unpaired) electrons. The number of nitrogens with zero attached hydrogens (tertiary/aromatic N) is 1. The van der Waals surface area contributed by atoms with Crippen molar-refractivity contribution in [1.82, 2.24) is 10.2 Å². The number of aromatic hydroxyl groups is 1. The summed E-state index contributed by atoms with van der Waals surface area (Å²) in [6.45, 7) is 4.28. The largest absolute Gasteiger partial charge is 0.573 e. The van der Waals surface area contributed by atoms with Crippen LogP contribution in [0.2, 0.25) is 0 Å². The highest BCUT2D eigenvalue weighted by Gasteiger charge is 2.32. The number of hydrogen-bond acceptors (Lipinski definition) is 4. The van der Waals surface area contributed by atoms with E-state index in [-0.39, 0.29) is 17.1 Å². The Morgan fingerprint density at radius 3 is 2.30 bits per heavy atom. The molecule has 0 spiro atoms. The fraction of sp³-hybridized carbons (Fsp3) is 0.368. The fourth-order valence-electron chi connectivity index (χ4n) is 3.30. The zero-order chi connectivity index (χ0) is 19.6. The molecular weight excluding hydrogens is 364 g/mol. The standard InChI is InChI=1S/C19H20F4N2O2/c1-12-2-7-15(20)16(18(12)26)17(25-10-8-24-9-11-25)13-3-5-14(6-4-13)27-19(21,22)23/h2-7,17,24,26H,8-11H2,1H3/t17-/m1/s1. The first-order valence-corrected chi connectivity index (χ1v) is 8.54. The van der Waals surface area contributed by atoms with E-state index in [1.165, 1.54) is 36.4 Å². The average Bonchev–Trinajstić information content (AvgIpc) is 2.62. The summed E-state index contributed by atoms with van der Waals surface area (Å²) < 4.78 is 55.7. The van der Waals surface area contributed by atoms with Gasteiger partial charge >= 0.3 is 6.36 Å². The molecule has 3 rings (SSSR count). The topological polar surface area (TPSA) is 44.7 Å². The summed E-state index contributed by atoms with van der Waals surface area (Å²) in [4.78, 5) is 1.99. The molecule has 1 atom stereocenters. The van der Waals surface area contributed by atoms with Gasteiger partial charge in [0.2, 0.25) is 0 Å². The molecule has 8 heteroatoms. The summed E-state index contributed by atoms with van der Waals surface area (Å²) in [6.07, 6.45) is -4.78. The van der Waals surface area contributed by atoms with Gasteiger partial charge in [0.15, 0.2) is 0 Å². The minimum atomic E-state index is -4.78. The molecule has 146 valence electrons. The van der Waals surface area contributed by atoms with Crippen molar-refractivity contribution in [3.63, 3.8) is 0 Å². The lowest BCUT2D eigenvalue weighted by Gasteiger charge is -2.36. The summed E-state index contributed by atoms with van der Waals surface area (Å²) in [5.74, 6) is -1.05. The molecule has 2 aromatic carbocycles. The van der Waals surface area contributed by atoms with E-state index in [4.69, 9.17) is 0 Å². The van der Waals surface area contributed by atoms with Gasteiger partial charge in [-0.05, 0) is 36.2 Å². The van der Waals surface area contributed by atoms with Crippen molar-refractivity contribution in [2.75, 3.05) is 26.2 Å². The van der Waals surface area contributed by atoms with Crippen LogP contribution in [0.1, 0.15) is 22.7 Å². The first-order chi connectivity index (χ1) is 12.8. The summed E-state index contributed by atoms with van der Waals surface area (Å²) in [6, 6.07) is 7.49. The third-order valence-corrected chi connectivity index (χ3v) is 4.59. The van der Waals surface area contributed by atoms with Crippen LogP contribution in [0.15, 0.2) is 36.4 Å². The molecule has 2 aromatic rings. The van der Waals surface area contributed by atoms with Crippen molar-refractivity contribution in [2.45, 2.75) is 19.3 Å². The van der Waals surface area contributed by atoms with Gasteiger partial charge in [-0.2, -0.15) is 0 Å². The lowest BCUT2D eigenvalue weighted by atomic mass is 9.93. The number of phenolic OH excluding ortho intramolecular Hbond substituents is 1. The molecule has 1 aliphatic rings. The maximum Gasteiger partial charge on any atom is 0.573 e. The highest BCUT2D eigenvalue weighted by atomic mass is 19.4. The van der Waals surface area contributed by atoms with Gasteiger partial charge in [-0.3, -0.25) is 4.90 Å². The maximum atomic E-state index is 14.6. The SMILES string of the molecule is Cc1ccc(F)c([C@@H](c2ccc(OC(F)(F)F)cc2)N2CCNCC2)c1O. The van der Waals surface area contributed by atoms with Gasteiger partial charge in [-0.25, -0.2) is 4.39 Å². The van der Waals surface area contributed by atoms with E-state index in [0.29, 0.717) is 37.3 Å². The molecule has 0 unspecified atom stereocenters.